The van der Waals surface area contributed by atoms with Crippen LogP contribution in [0.2, 0.25) is 0 Å². The number of rotatable bonds is 3. The number of alkyl halides is 2. The van der Waals surface area contributed by atoms with E-state index >= 15 is 0 Å². The normalized spacial score (nSPS) is 45.7. The van der Waals surface area contributed by atoms with Gasteiger partial charge in [0.25, 0.3) is 5.91 Å². The van der Waals surface area contributed by atoms with Crippen LogP contribution in [0.3, 0.4) is 0 Å². The van der Waals surface area contributed by atoms with E-state index < -0.39 is 2.88 Å². The Labute approximate surface area is 151 Å². The Morgan fingerprint density at radius 3 is 2.36 bits per heavy atom. The molecule has 0 radical (unpaired) electrons. The lowest BCUT2D eigenvalue weighted by Gasteiger charge is -2.56. The zero-order valence-electron chi connectivity index (χ0n) is 12.8. The molecule has 0 aromatic carbocycles. The minimum absolute atomic E-state index is 0.0494. The first kappa shape index (κ1) is 15.5. The third-order valence-electron chi connectivity index (χ3n) is 6.11. The molecule has 4 saturated carbocycles. The van der Waals surface area contributed by atoms with Gasteiger partial charge in [-0.2, -0.15) is 0 Å². The van der Waals surface area contributed by atoms with Gasteiger partial charge in [0.2, 0.25) is 0 Å². The molecule has 5 rings (SSSR count). The van der Waals surface area contributed by atoms with Gasteiger partial charge in [-0.15, -0.1) is 11.6 Å². The van der Waals surface area contributed by atoms with Crippen LogP contribution in [0.5, 0.6) is 0 Å². The second-order valence-corrected chi connectivity index (χ2v) is 11.3. The molecule has 1 atom stereocenters. The van der Waals surface area contributed by atoms with Crippen LogP contribution in [-0.4, -0.2) is 15.3 Å². The molecule has 0 aliphatic heterocycles. The Bertz CT molecular complexity index is 516. The van der Waals surface area contributed by atoms with E-state index in [2.05, 4.69) is 27.9 Å². The van der Waals surface area contributed by atoms with Gasteiger partial charge in [-0.1, -0.05) is 34.7 Å². The van der Waals surface area contributed by atoms with Crippen molar-refractivity contribution in [2.45, 2.75) is 47.8 Å². The van der Waals surface area contributed by atoms with Gasteiger partial charge in [-0.3, -0.25) is 4.79 Å². The lowest BCUT2D eigenvalue weighted by Crippen LogP contribution is -2.51. The fourth-order valence-corrected chi connectivity index (χ4v) is 6.49. The van der Waals surface area contributed by atoms with Crippen molar-refractivity contribution in [3.63, 3.8) is 0 Å². The van der Waals surface area contributed by atoms with Gasteiger partial charge in [0.1, 0.15) is 2.88 Å². The second kappa shape index (κ2) is 5.51. The highest BCUT2D eigenvalue weighted by Crippen LogP contribution is 2.59. The molecular weight excluding hydrogens is 409 g/mol. The summed E-state index contributed by atoms with van der Waals surface area (Å²) >= 11 is 8.55. The highest BCUT2D eigenvalue weighted by molar-refractivity contribution is 14.1. The summed E-state index contributed by atoms with van der Waals surface area (Å²) in [6.45, 7) is 0.858. The lowest BCUT2D eigenvalue weighted by molar-refractivity contribution is -0.119. The number of hydrogen-bond donors (Lipinski definition) is 1. The maximum absolute atomic E-state index is 12.5. The number of carbonyl (C=O) groups is 1. The van der Waals surface area contributed by atoms with E-state index in [4.69, 9.17) is 11.6 Å². The molecule has 4 heteroatoms. The summed E-state index contributed by atoms with van der Waals surface area (Å²) < 4.78 is -0.445. The van der Waals surface area contributed by atoms with Crippen LogP contribution in [0.15, 0.2) is 23.8 Å². The largest absolute Gasteiger partial charge is 0.351 e. The van der Waals surface area contributed by atoms with Gasteiger partial charge in [0.05, 0.1) is 0 Å². The van der Waals surface area contributed by atoms with Crippen LogP contribution in [0, 0.1) is 23.2 Å². The van der Waals surface area contributed by atoms with Gasteiger partial charge < -0.3 is 5.32 Å². The molecule has 0 spiro atoms. The maximum atomic E-state index is 12.5. The quantitative estimate of drug-likeness (QED) is 0.514. The molecule has 4 bridgehead atoms. The van der Waals surface area contributed by atoms with Crippen molar-refractivity contribution in [1.82, 2.24) is 5.32 Å². The molecular formula is C18H23ClINO. The zero-order valence-corrected chi connectivity index (χ0v) is 15.7. The molecule has 1 N–H and O–H groups in total. The van der Waals surface area contributed by atoms with E-state index in [9.17, 15) is 4.79 Å². The topological polar surface area (TPSA) is 29.1 Å². The maximum Gasteiger partial charge on any atom is 0.251 e. The van der Waals surface area contributed by atoms with E-state index in [1.165, 1.54) is 38.5 Å². The van der Waals surface area contributed by atoms with Crippen molar-refractivity contribution in [3.8, 4) is 0 Å². The summed E-state index contributed by atoms with van der Waals surface area (Å²) in [5.74, 6) is 2.85. The summed E-state index contributed by atoms with van der Waals surface area (Å²) in [6.07, 6.45) is 14.9. The Hall–Kier alpha value is -0.0300. The number of nitrogens with one attached hydrogen (secondary N) is 1. The van der Waals surface area contributed by atoms with Crippen LogP contribution in [0.25, 0.3) is 0 Å². The second-order valence-electron chi connectivity index (χ2n) is 8.07. The fourth-order valence-electron chi connectivity index (χ4n) is 5.70. The first-order valence-corrected chi connectivity index (χ1v) is 9.94. The molecule has 1 amide bonds. The zero-order chi connectivity index (χ0) is 15.4. The summed E-state index contributed by atoms with van der Waals surface area (Å²) in [6, 6.07) is 0. The summed E-state index contributed by atoms with van der Waals surface area (Å²) in [5, 5.41) is 3.23. The van der Waals surface area contributed by atoms with Gasteiger partial charge in [0.15, 0.2) is 0 Å². The van der Waals surface area contributed by atoms with Crippen LogP contribution in [-0.2, 0) is 4.79 Å². The number of carbonyl (C=O) groups excluding carboxylic acids is 1. The predicted molar refractivity (Wildman–Crippen MR) is 98.1 cm³/mol. The first-order chi connectivity index (χ1) is 10.4. The monoisotopic (exact) mass is 431 g/mol. The smallest absolute Gasteiger partial charge is 0.251 e. The molecule has 1 unspecified atom stereocenters. The Morgan fingerprint density at radius 1 is 1.23 bits per heavy atom. The number of halogens is 2. The highest BCUT2D eigenvalue weighted by Gasteiger charge is 2.50. The van der Waals surface area contributed by atoms with E-state index in [0.717, 1.165) is 36.3 Å². The molecule has 4 fully saturated rings. The third-order valence-corrected chi connectivity index (χ3v) is 7.12. The average molecular weight is 432 g/mol. The minimum atomic E-state index is -0.445. The molecule has 0 heterocycles. The number of hydrogen-bond acceptors (Lipinski definition) is 1. The number of allylic oxidation sites excluding steroid dienone is 2. The SMILES string of the molecule is O=C(NCC12CC3CC(CC(C3)C1)C2)C1=CC(Cl)(I)CC=C1. The standard InChI is InChI=1S/C18H23ClINO/c19-18(20)3-1-2-15(10-18)16(22)21-11-17-7-12-4-13(8-17)6-14(5-12)9-17/h1-2,10,12-14H,3-9,11H2,(H,21,22). The van der Waals surface area contributed by atoms with Gasteiger partial charge in [-0.05, 0) is 74.2 Å². The Morgan fingerprint density at radius 2 is 1.82 bits per heavy atom. The highest BCUT2D eigenvalue weighted by atomic mass is 127. The molecule has 0 aromatic rings. The van der Waals surface area contributed by atoms with Crippen LogP contribution < -0.4 is 5.32 Å². The van der Waals surface area contributed by atoms with Crippen LogP contribution in [0.1, 0.15) is 44.9 Å². The van der Waals surface area contributed by atoms with E-state index in [1.807, 2.05) is 18.2 Å². The van der Waals surface area contributed by atoms with E-state index in [1.54, 1.807) is 0 Å². The van der Waals surface area contributed by atoms with E-state index in [-0.39, 0.29) is 5.91 Å². The first-order valence-electron chi connectivity index (χ1n) is 8.49. The Balaban J connectivity index is 1.42. The Kier molecular flexibility index (Phi) is 3.88. The molecule has 0 aromatic heterocycles. The summed E-state index contributed by atoms with van der Waals surface area (Å²) in [4.78, 5) is 12.5. The van der Waals surface area contributed by atoms with Crippen molar-refractivity contribution in [2.24, 2.45) is 23.2 Å². The number of amides is 1. The molecule has 5 aliphatic carbocycles. The van der Waals surface area contributed by atoms with Gasteiger partial charge in [0, 0.05) is 12.1 Å². The predicted octanol–water partition coefficient (Wildman–Crippen LogP) is 4.58. The van der Waals surface area contributed by atoms with E-state index in [0.29, 0.717) is 5.41 Å². The van der Waals surface area contributed by atoms with Crippen LogP contribution in [0.4, 0.5) is 0 Å². The van der Waals surface area contributed by atoms with Crippen molar-refractivity contribution >= 4 is 40.1 Å². The molecule has 120 valence electrons. The third kappa shape index (κ3) is 3.00. The summed E-state index contributed by atoms with van der Waals surface area (Å²) in [7, 11) is 0. The van der Waals surface area contributed by atoms with Crippen molar-refractivity contribution < 1.29 is 4.79 Å². The van der Waals surface area contributed by atoms with Gasteiger partial charge >= 0.3 is 0 Å². The lowest BCUT2D eigenvalue weighted by atomic mass is 9.49. The van der Waals surface area contributed by atoms with Crippen LogP contribution >= 0.6 is 34.2 Å². The molecule has 5 aliphatic rings. The van der Waals surface area contributed by atoms with Crippen molar-refractivity contribution in [2.75, 3.05) is 6.54 Å². The fraction of sp³-hybridized carbons (Fsp3) is 0.722. The van der Waals surface area contributed by atoms with Crippen molar-refractivity contribution in [3.05, 3.63) is 23.8 Å². The van der Waals surface area contributed by atoms with Crippen molar-refractivity contribution in [1.29, 1.82) is 0 Å². The molecule has 0 saturated heterocycles. The minimum Gasteiger partial charge on any atom is -0.351 e. The average Bonchev–Trinajstić information content (AvgIpc) is 2.42. The summed E-state index contributed by atoms with van der Waals surface area (Å²) in [5.41, 5.74) is 1.12. The molecule has 2 nitrogen and oxygen atoms in total. The van der Waals surface area contributed by atoms with Gasteiger partial charge in [-0.25, -0.2) is 0 Å². The molecule has 22 heavy (non-hydrogen) atoms.